The summed E-state index contributed by atoms with van der Waals surface area (Å²) in [4.78, 5) is 17.0. The summed E-state index contributed by atoms with van der Waals surface area (Å²) in [5.41, 5.74) is 1.84. The molecule has 0 atom stereocenters. The van der Waals surface area contributed by atoms with E-state index in [9.17, 15) is 4.79 Å². The maximum Gasteiger partial charge on any atom is 0.257 e. The molecule has 2 aromatic heterocycles. The molecule has 0 saturated carbocycles. The van der Waals surface area contributed by atoms with Crippen LogP contribution in [0.3, 0.4) is 0 Å². The molecular weight excluding hydrogens is 380 g/mol. The number of rotatable bonds is 4. The number of thiazole rings is 1. The standard InChI is InChI=1S/C20H14N2O5S/c1-24-13-4-2-11-6-17(27-16(11)8-13)14-9-28-20(21-14)22-19(23)12-3-5-15-18(7-12)26-10-25-15/h2-9H,10H2,1H3,(H,21,22,23). The van der Waals surface area contributed by atoms with Gasteiger partial charge in [-0.25, -0.2) is 4.98 Å². The molecule has 8 heteroatoms. The van der Waals surface area contributed by atoms with Crippen LogP contribution in [0.25, 0.3) is 22.4 Å². The molecule has 1 aliphatic rings. The van der Waals surface area contributed by atoms with Gasteiger partial charge >= 0.3 is 0 Å². The van der Waals surface area contributed by atoms with E-state index in [1.165, 1.54) is 11.3 Å². The van der Waals surface area contributed by atoms with E-state index in [2.05, 4.69) is 10.3 Å². The van der Waals surface area contributed by atoms with Gasteiger partial charge < -0.3 is 18.6 Å². The highest BCUT2D eigenvalue weighted by atomic mass is 32.1. The Hall–Kier alpha value is -3.52. The number of furan rings is 1. The minimum atomic E-state index is -0.270. The quantitative estimate of drug-likeness (QED) is 0.547. The topological polar surface area (TPSA) is 82.8 Å². The lowest BCUT2D eigenvalue weighted by atomic mass is 10.2. The Kier molecular flexibility index (Phi) is 3.91. The average Bonchev–Trinajstić information content (AvgIpc) is 3.45. The van der Waals surface area contributed by atoms with Crippen molar-refractivity contribution >= 4 is 33.3 Å². The van der Waals surface area contributed by atoms with E-state index in [1.54, 1.807) is 25.3 Å². The van der Waals surface area contributed by atoms with Crippen molar-refractivity contribution in [3.05, 3.63) is 53.4 Å². The summed E-state index contributed by atoms with van der Waals surface area (Å²) >= 11 is 1.33. The molecule has 28 heavy (non-hydrogen) atoms. The summed E-state index contributed by atoms with van der Waals surface area (Å²) in [5.74, 6) is 2.28. The predicted molar refractivity (Wildman–Crippen MR) is 104 cm³/mol. The minimum absolute atomic E-state index is 0.166. The molecule has 0 unspecified atom stereocenters. The van der Waals surface area contributed by atoms with Gasteiger partial charge in [-0.2, -0.15) is 0 Å². The largest absolute Gasteiger partial charge is 0.497 e. The average molecular weight is 394 g/mol. The molecule has 2 aromatic carbocycles. The molecule has 1 aliphatic heterocycles. The molecule has 4 aromatic rings. The van der Waals surface area contributed by atoms with Gasteiger partial charge in [0.25, 0.3) is 5.91 Å². The van der Waals surface area contributed by atoms with Gasteiger partial charge in [0.1, 0.15) is 17.0 Å². The number of carbonyl (C=O) groups excluding carboxylic acids is 1. The highest BCUT2D eigenvalue weighted by Crippen LogP contribution is 2.34. The Labute approximate surface area is 163 Å². The molecule has 0 saturated heterocycles. The monoisotopic (exact) mass is 394 g/mol. The smallest absolute Gasteiger partial charge is 0.257 e. The number of carbonyl (C=O) groups is 1. The molecule has 0 fully saturated rings. The number of aromatic nitrogens is 1. The van der Waals surface area contributed by atoms with Crippen LogP contribution in [-0.2, 0) is 0 Å². The molecule has 0 bridgehead atoms. The SMILES string of the molecule is COc1ccc2cc(-c3csc(NC(=O)c4ccc5c(c4)OCO5)n3)oc2c1. The minimum Gasteiger partial charge on any atom is -0.497 e. The van der Waals surface area contributed by atoms with Gasteiger partial charge in [-0.1, -0.05) is 0 Å². The van der Waals surface area contributed by atoms with Gasteiger partial charge in [0.05, 0.1) is 7.11 Å². The van der Waals surface area contributed by atoms with Gasteiger partial charge in [-0.3, -0.25) is 10.1 Å². The molecule has 5 rings (SSSR count). The van der Waals surface area contributed by atoms with Crippen LogP contribution >= 0.6 is 11.3 Å². The van der Waals surface area contributed by atoms with Gasteiger partial charge in [0.2, 0.25) is 6.79 Å². The van der Waals surface area contributed by atoms with Gasteiger partial charge in [-0.05, 0) is 36.4 Å². The summed E-state index contributed by atoms with van der Waals surface area (Å²) in [6.07, 6.45) is 0. The third kappa shape index (κ3) is 2.93. The van der Waals surface area contributed by atoms with Gasteiger partial charge in [0.15, 0.2) is 22.4 Å². The van der Waals surface area contributed by atoms with E-state index < -0.39 is 0 Å². The summed E-state index contributed by atoms with van der Waals surface area (Å²) in [7, 11) is 1.61. The van der Waals surface area contributed by atoms with Crippen molar-refractivity contribution in [2.45, 2.75) is 0 Å². The number of hydrogen-bond donors (Lipinski definition) is 1. The highest BCUT2D eigenvalue weighted by Gasteiger charge is 2.17. The molecule has 0 spiro atoms. The lowest BCUT2D eigenvalue weighted by Crippen LogP contribution is -2.11. The van der Waals surface area contributed by atoms with E-state index in [0.29, 0.717) is 39.2 Å². The molecule has 140 valence electrons. The first-order chi connectivity index (χ1) is 13.7. The Bertz CT molecular complexity index is 1200. The summed E-state index contributed by atoms with van der Waals surface area (Å²) < 4.78 is 21.7. The molecule has 1 N–H and O–H groups in total. The summed E-state index contributed by atoms with van der Waals surface area (Å²) in [6, 6.07) is 12.6. The van der Waals surface area contributed by atoms with E-state index in [0.717, 1.165) is 11.1 Å². The maximum atomic E-state index is 12.5. The second kappa shape index (κ2) is 6.58. The molecule has 1 amide bonds. The number of fused-ring (bicyclic) bond motifs is 2. The van der Waals surface area contributed by atoms with Gasteiger partial charge in [0, 0.05) is 22.4 Å². The zero-order valence-corrected chi connectivity index (χ0v) is 15.5. The molecule has 0 aliphatic carbocycles. The fraction of sp³-hybridized carbons (Fsp3) is 0.100. The molecule has 7 nitrogen and oxygen atoms in total. The fourth-order valence-corrected chi connectivity index (χ4v) is 3.61. The van der Waals surface area contributed by atoms with Gasteiger partial charge in [-0.15, -0.1) is 11.3 Å². The first-order valence-corrected chi connectivity index (χ1v) is 9.32. The summed E-state index contributed by atoms with van der Waals surface area (Å²) in [5, 5.41) is 6.08. The van der Waals surface area contributed by atoms with Crippen LogP contribution in [0.1, 0.15) is 10.4 Å². The number of ether oxygens (including phenoxy) is 3. The highest BCUT2D eigenvalue weighted by molar-refractivity contribution is 7.14. The second-order valence-electron chi connectivity index (χ2n) is 6.07. The number of anilines is 1. The van der Waals surface area contributed by atoms with Crippen LogP contribution in [-0.4, -0.2) is 24.8 Å². The zero-order chi connectivity index (χ0) is 19.1. The lowest BCUT2D eigenvalue weighted by molar-refractivity contribution is 0.102. The molecule has 0 radical (unpaired) electrons. The van der Waals surface area contributed by atoms with Crippen molar-refractivity contribution in [3.8, 4) is 28.7 Å². The number of amides is 1. The Morgan fingerprint density at radius 2 is 2.04 bits per heavy atom. The van der Waals surface area contributed by atoms with Crippen LogP contribution in [0.15, 0.2) is 52.3 Å². The zero-order valence-electron chi connectivity index (χ0n) is 14.7. The van der Waals surface area contributed by atoms with Crippen molar-refractivity contribution in [1.82, 2.24) is 4.98 Å². The van der Waals surface area contributed by atoms with Crippen LogP contribution in [0.2, 0.25) is 0 Å². The van der Waals surface area contributed by atoms with E-state index in [4.69, 9.17) is 18.6 Å². The van der Waals surface area contributed by atoms with Crippen molar-refractivity contribution in [2.75, 3.05) is 19.2 Å². The molecule has 3 heterocycles. The van der Waals surface area contributed by atoms with Crippen LogP contribution in [0, 0.1) is 0 Å². The Morgan fingerprint density at radius 3 is 2.93 bits per heavy atom. The fourth-order valence-electron chi connectivity index (χ4n) is 2.92. The van der Waals surface area contributed by atoms with Crippen LogP contribution in [0.4, 0.5) is 5.13 Å². The van der Waals surface area contributed by atoms with Crippen LogP contribution < -0.4 is 19.5 Å². The van der Waals surface area contributed by atoms with Crippen molar-refractivity contribution < 1.29 is 23.4 Å². The number of methoxy groups -OCH3 is 1. The van der Waals surface area contributed by atoms with Crippen molar-refractivity contribution in [3.63, 3.8) is 0 Å². The predicted octanol–water partition coefficient (Wildman–Crippen LogP) is 4.55. The normalized spacial score (nSPS) is 12.3. The Balaban J connectivity index is 1.36. The van der Waals surface area contributed by atoms with Crippen molar-refractivity contribution in [1.29, 1.82) is 0 Å². The molecular formula is C20H14N2O5S. The number of nitrogens with zero attached hydrogens (tertiary/aromatic N) is 1. The number of benzene rings is 2. The first kappa shape index (κ1) is 16.6. The number of hydrogen-bond acceptors (Lipinski definition) is 7. The lowest BCUT2D eigenvalue weighted by Gasteiger charge is -2.03. The van der Waals surface area contributed by atoms with E-state index in [-0.39, 0.29) is 12.7 Å². The van der Waals surface area contributed by atoms with E-state index >= 15 is 0 Å². The second-order valence-corrected chi connectivity index (χ2v) is 6.93. The third-order valence-corrected chi connectivity index (χ3v) is 5.10. The first-order valence-electron chi connectivity index (χ1n) is 8.44. The number of nitrogens with one attached hydrogen (secondary N) is 1. The Morgan fingerprint density at radius 1 is 1.14 bits per heavy atom. The van der Waals surface area contributed by atoms with Crippen LogP contribution in [0.5, 0.6) is 17.2 Å². The van der Waals surface area contributed by atoms with Crippen molar-refractivity contribution in [2.24, 2.45) is 0 Å². The summed E-state index contributed by atoms with van der Waals surface area (Å²) in [6.45, 7) is 0.166. The van der Waals surface area contributed by atoms with E-state index in [1.807, 2.05) is 29.6 Å². The maximum absolute atomic E-state index is 12.5. The third-order valence-electron chi connectivity index (χ3n) is 4.34.